The van der Waals surface area contributed by atoms with Crippen LogP contribution >= 0.6 is 23.2 Å². The summed E-state index contributed by atoms with van der Waals surface area (Å²) in [7, 11) is -4.56. The fourth-order valence-electron chi connectivity index (χ4n) is 17.4. The molecule has 16 nitrogen and oxygen atoms in total. The third-order valence-corrected chi connectivity index (χ3v) is 28.5. The second-order valence-electron chi connectivity index (χ2n) is 31.7. The van der Waals surface area contributed by atoms with Crippen molar-refractivity contribution in [1.29, 1.82) is 0 Å². The Kier molecular flexibility index (Phi) is 23.3. The first-order valence-corrected chi connectivity index (χ1v) is 40.6. The number of Topliss-reactive ketones (excluding diaryl/α,β-unsaturated/α-hetero) is 2. The molecule has 0 unspecified atom stereocenters. The van der Waals surface area contributed by atoms with Gasteiger partial charge in [-0.3, -0.25) is 19.2 Å². The maximum Gasteiger partial charge on any atom is 0.264 e. The number of carbonyl (C=O) groups is 4. The van der Waals surface area contributed by atoms with E-state index in [2.05, 4.69) is 83.4 Å². The molecule has 2 spiro atoms. The van der Waals surface area contributed by atoms with E-state index >= 15 is 0 Å². The van der Waals surface area contributed by atoms with Gasteiger partial charge in [0.1, 0.15) is 23.1 Å². The van der Waals surface area contributed by atoms with Crippen molar-refractivity contribution in [2.24, 2.45) is 47.3 Å². The van der Waals surface area contributed by atoms with Crippen LogP contribution in [-0.2, 0) is 62.8 Å². The number of ether oxygens (including phenoxy) is 4. The third kappa shape index (κ3) is 16.1. The zero-order chi connectivity index (χ0) is 71.7. The molecule has 544 valence electrons. The van der Waals surface area contributed by atoms with Crippen molar-refractivity contribution >= 4 is 78.0 Å². The first kappa shape index (κ1) is 75.4. The molecule has 2 fully saturated rings. The maximum absolute atomic E-state index is 13.6. The Bertz CT molecular complexity index is 3740. The SMILES string of the molecule is CO[C@@]1(CC(=O)CCC(C)C)/C=C/C[C@H](C)[C@@H](C)S(=O)(=O)NC(=O)c2ccc3c(c2)N(C[C@@H]2CC[C@H]21)C[C@@]1(CCCc2cc(Cl)ccc21)CO3.CO[C@@]1(CC(=O)CCC(C)C)/C=C/C[C@H](C)[C@@H](C)S(=O)(=O)NC(=O)c2ccc3c(c2)N(C[C@@H]2CC[C@H]21)C[C@@]1(CCCc2cc(Cl)ccc21)CO3. The Labute approximate surface area is 604 Å². The highest BCUT2D eigenvalue weighted by molar-refractivity contribution is 7.91. The lowest BCUT2D eigenvalue weighted by atomic mass is 9.62. The fourth-order valence-corrected chi connectivity index (χ4v) is 20.3. The van der Waals surface area contributed by atoms with Crippen molar-refractivity contribution in [3.05, 3.63) is 141 Å². The highest BCUT2D eigenvalue weighted by Gasteiger charge is 2.52. The van der Waals surface area contributed by atoms with Gasteiger partial charge in [0.25, 0.3) is 11.8 Å². The number of sulfonamides is 2. The molecule has 0 saturated heterocycles. The molecular formula is C80H106Cl2N4O12S2. The lowest BCUT2D eigenvalue weighted by molar-refractivity contribution is -0.132. The molecule has 2 amide bonds. The van der Waals surface area contributed by atoms with Gasteiger partial charge >= 0.3 is 0 Å². The van der Waals surface area contributed by atoms with Crippen molar-refractivity contribution in [3.8, 4) is 11.5 Å². The summed E-state index contributed by atoms with van der Waals surface area (Å²) in [6, 6.07) is 22.9. The Balaban J connectivity index is 0.000000202. The van der Waals surface area contributed by atoms with Crippen LogP contribution in [-0.4, -0.2) is 116 Å². The summed E-state index contributed by atoms with van der Waals surface area (Å²) in [5.41, 5.74) is 4.85. The first-order valence-electron chi connectivity index (χ1n) is 36.7. The number of allylic oxidation sites excluding steroid dienone is 2. The number of nitrogens with one attached hydrogen (secondary N) is 2. The van der Waals surface area contributed by atoms with E-state index in [-0.39, 0.29) is 81.9 Å². The predicted octanol–water partition coefficient (Wildman–Crippen LogP) is 15.3. The molecule has 100 heavy (non-hydrogen) atoms. The molecule has 4 aliphatic heterocycles. The highest BCUT2D eigenvalue weighted by atomic mass is 35.5. The Hall–Kier alpha value is -5.76. The molecule has 4 aromatic rings. The minimum absolute atomic E-state index is 0.0867. The molecule has 2 N–H and O–H groups in total. The monoisotopic (exact) mass is 1450 g/mol. The normalized spacial score (nSPS) is 31.4. The molecular weight excluding hydrogens is 1340 g/mol. The number of rotatable bonds is 12. The summed E-state index contributed by atoms with van der Waals surface area (Å²) in [6.07, 6.45) is 21.9. The van der Waals surface area contributed by atoms with Crippen LogP contribution in [0.25, 0.3) is 0 Å². The molecule has 4 aliphatic carbocycles. The molecule has 8 aliphatic rings. The second kappa shape index (κ2) is 30.9. The van der Waals surface area contributed by atoms with Crippen LogP contribution in [0.15, 0.2) is 97.1 Å². The van der Waals surface area contributed by atoms with Crippen LogP contribution in [0.2, 0.25) is 10.0 Å². The summed E-state index contributed by atoms with van der Waals surface area (Å²) >= 11 is 12.9. The molecule has 4 heterocycles. The van der Waals surface area contributed by atoms with Gasteiger partial charge < -0.3 is 28.7 Å². The number of amides is 2. The average Bonchev–Trinajstić information content (AvgIpc) is 1.70. The van der Waals surface area contributed by atoms with Gasteiger partial charge in [0.05, 0.1) is 46.3 Å². The molecule has 2 saturated carbocycles. The lowest BCUT2D eigenvalue weighted by Gasteiger charge is -2.50. The number of hydrogen-bond acceptors (Lipinski definition) is 14. The molecule has 12 atom stereocenters. The number of fused-ring (bicyclic) bond motifs is 8. The zero-order valence-electron chi connectivity index (χ0n) is 60.3. The van der Waals surface area contributed by atoms with Crippen LogP contribution in [0, 0.1) is 47.3 Å². The molecule has 4 aromatic carbocycles. The van der Waals surface area contributed by atoms with Crippen molar-refractivity contribution in [1.82, 2.24) is 9.44 Å². The van der Waals surface area contributed by atoms with E-state index in [1.807, 2.05) is 38.1 Å². The summed E-state index contributed by atoms with van der Waals surface area (Å²) < 4.78 is 84.8. The standard InChI is InChI=1S/2C40H53ClN2O6S/c2*1-26(2)10-14-33(44)22-40(48-5)19-6-8-27(3)28(4)50(46,47)42-38(45)30-12-17-37-36(21-30)43(23-31-11-15-35(31)40)24-39(25-49-37)18-7-9-29-20-32(41)13-16-34(29)39/h2*6,12-13,16-17,19-21,26-28,31,35H,7-11,14-15,18,22-25H2,1-5H3,(H,42,45)/b2*19-6+/t2*27-,28+,31-,35+,39-,40+/m00/s1. The minimum Gasteiger partial charge on any atom is -0.490 e. The van der Waals surface area contributed by atoms with E-state index in [1.165, 1.54) is 22.3 Å². The smallest absolute Gasteiger partial charge is 0.264 e. The molecule has 12 rings (SSSR count). The first-order chi connectivity index (χ1) is 47.5. The van der Waals surface area contributed by atoms with Gasteiger partial charge in [-0.15, -0.1) is 0 Å². The minimum atomic E-state index is -3.99. The van der Waals surface area contributed by atoms with E-state index in [1.54, 1.807) is 64.5 Å². The molecule has 0 aromatic heterocycles. The van der Waals surface area contributed by atoms with Crippen LogP contribution in [0.1, 0.15) is 201 Å². The van der Waals surface area contributed by atoms with Crippen molar-refractivity contribution in [2.45, 2.75) is 203 Å². The van der Waals surface area contributed by atoms with Gasteiger partial charge in [-0.25, -0.2) is 26.3 Å². The average molecular weight is 1450 g/mol. The summed E-state index contributed by atoms with van der Waals surface area (Å²) in [5.74, 6) is 1.31. The largest absolute Gasteiger partial charge is 0.490 e. The van der Waals surface area contributed by atoms with Gasteiger partial charge in [-0.05, 0) is 234 Å². The number of anilines is 2. The third-order valence-electron chi connectivity index (χ3n) is 24.2. The number of hydrogen-bond donors (Lipinski definition) is 2. The number of halogens is 2. The van der Waals surface area contributed by atoms with Crippen molar-refractivity contribution in [2.75, 3.05) is 63.4 Å². The Morgan fingerprint density at radius 3 is 1.34 bits per heavy atom. The van der Waals surface area contributed by atoms with E-state index in [4.69, 9.17) is 42.1 Å². The van der Waals surface area contributed by atoms with Gasteiger partial charge in [0, 0.05) is 98.1 Å². The molecule has 0 radical (unpaired) electrons. The van der Waals surface area contributed by atoms with E-state index < -0.39 is 53.6 Å². The number of carbonyl (C=O) groups excluding carboxylic acids is 4. The van der Waals surface area contributed by atoms with Crippen LogP contribution in [0.4, 0.5) is 11.4 Å². The number of ketones is 2. The van der Waals surface area contributed by atoms with Crippen molar-refractivity contribution in [3.63, 3.8) is 0 Å². The summed E-state index contributed by atoms with van der Waals surface area (Å²) in [5, 5.41) is -0.208. The molecule has 20 heteroatoms. The number of benzene rings is 4. The lowest BCUT2D eigenvalue weighted by Crippen LogP contribution is -2.53. The Morgan fingerprint density at radius 1 is 0.580 bits per heavy atom. The van der Waals surface area contributed by atoms with Gasteiger partial charge in [-0.2, -0.15) is 0 Å². The van der Waals surface area contributed by atoms with Gasteiger partial charge in [-0.1, -0.05) is 101 Å². The van der Waals surface area contributed by atoms with Crippen LogP contribution in [0.5, 0.6) is 11.5 Å². The molecule has 4 bridgehead atoms. The van der Waals surface area contributed by atoms with E-state index in [9.17, 15) is 36.0 Å². The van der Waals surface area contributed by atoms with Crippen LogP contribution in [0.3, 0.4) is 0 Å². The topological polar surface area (TPSA) is 204 Å². The van der Waals surface area contributed by atoms with Gasteiger partial charge in [0.15, 0.2) is 0 Å². The fraction of sp³-hybridized carbons (Fsp3) is 0.600. The number of aryl methyl sites for hydroxylation is 2. The van der Waals surface area contributed by atoms with Crippen LogP contribution < -0.4 is 28.7 Å². The zero-order valence-corrected chi connectivity index (χ0v) is 63.5. The highest BCUT2D eigenvalue weighted by Crippen LogP contribution is 2.53. The quantitative estimate of drug-likeness (QED) is 0.127. The van der Waals surface area contributed by atoms with Crippen molar-refractivity contribution < 1.29 is 55.0 Å². The van der Waals surface area contributed by atoms with E-state index in [0.717, 1.165) is 98.5 Å². The summed E-state index contributed by atoms with van der Waals surface area (Å²) in [4.78, 5) is 59.0. The Morgan fingerprint density at radius 2 is 0.980 bits per heavy atom. The maximum atomic E-state index is 13.6. The number of methoxy groups -OCH3 is 2. The predicted molar refractivity (Wildman–Crippen MR) is 397 cm³/mol. The number of nitrogens with zero attached hydrogens (tertiary/aromatic N) is 2. The van der Waals surface area contributed by atoms with E-state index in [0.29, 0.717) is 88.4 Å². The van der Waals surface area contributed by atoms with Gasteiger partial charge in [0.2, 0.25) is 20.0 Å². The summed E-state index contributed by atoms with van der Waals surface area (Å²) in [6.45, 7) is 19.2. The second-order valence-corrected chi connectivity index (χ2v) is 36.6.